The molecule has 0 fully saturated rings. The molecule has 24 heavy (non-hydrogen) atoms. The zero-order valence-electron chi connectivity index (χ0n) is 13.4. The topological polar surface area (TPSA) is 51.3 Å². The number of rotatable bonds is 6. The van der Waals surface area contributed by atoms with Crippen molar-refractivity contribution in [2.45, 2.75) is 20.0 Å². The van der Waals surface area contributed by atoms with Crippen molar-refractivity contribution in [1.82, 2.24) is 14.5 Å². The van der Waals surface area contributed by atoms with Crippen molar-refractivity contribution in [3.63, 3.8) is 0 Å². The van der Waals surface area contributed by atoms with E-state index in [2.05, 4.69) is 4.98 Å². The second-order valence-electron chi connectivity index (χ2n) is 5.40. The average Bonchev–Trinajstić information content (AvgIpc) is 3.24. The Kier molecular flexibility index (Phi) is 4.74. The summed E-state index contributed by atoms with van der Waals surface area (Å²) < 4.78 is 20.4. The molecule has 0 saturated heterocycles. The van der Waals surface area contributed by atoms with Crippen molar-refractivity contribution in [3.8, 4) is 0 Å². The van der Waals surface area contributed by atoms with E-state index in [0.717, 1.165) is 11.4 Å². The maximum Gasteiger partial charge on any atom is 0.289 e. The van der Waals surface area contributed by atoms with Gasteiger partial charge in [-0.3, -0.25) is 4.79 Å². The number of carbonyl (C=O) groups excluding carboxylic acids is 1. The van der Waals surface area contributed by atoms with Crippen molar-refractivity contribution in [3.05, 3.63) is 78.0 Å². The predicted molar refractivity (Wildman–Crippen MR) is 86.9 cm³/mol. The van der Waals surface area contributed by atoms with E-state index in [1.54, 1.807) is 29.3 Å². The van der Waals surface area contributed by atoms with Crippen LogP contribution in [0.5, 0.6) is 0 Å². The summed E-state index contributed by atoms with van der Waals surface area (Å²) in [4.78, 5) is 18.4. The molecule has 0 aliphatic carbocycles. The summed E-state index contributed by atoms with van der Waals surface area (Å²) in [7, 11) is 0. The molecule has 1 amide bonds. The number of furan rings is 1. The Morgan fingerprint density at radius 1 is 1.33 bits per heavy atom. The zero-order chi connectivity index (χ0) is 16.9. The Morgan fingerprint density at radius 2 is 2.21 bits per heavy atom. The fourth-order valence-corrected chi connectivity index (χ4v) is 2.52. The zero-order valence-corrected chi connectivity index (χ0v) is 13.4. The third kappa shape index (κ3) is 3.53. The Balaban J connectivity index is 1.75. The van der Waals surface area contributed by atoms with E-state index >= 15 is 0 Å². The first kappa shape index (κ1) is 16.0. The summed E-state index contributed by atoms with van der Waals surface area (Å²) in [6.07, 6.45) is 4.98. The van der Waals surface area contributed by atoms with Crippen molar-refractivity contribution >= 4 is 5.91 Å². The van der Waals surface area contributed by atoms with Crippen molar-refractivity contribution in [2.24, 2.45) is 0 Å². The molecule has 0 aliphatic rings. The van der Waals surface area contributed by atoms with Crippen LogP contribution in [0, 0.1) is 5.82 Å². The molecule has 0 bridgehead atoms. The maximum absolute atomic E-state index is 13.3. The van der Waals surface area contributed by atoms with Crippen LogP contribution in [-0.4, -0.2) is 26.9 Å². The molecule has 0 radical (unpaired) electrons. The minimum absolute atomic E-state index is 0.178. The highest BCUT2D eigenvalue weighted by atomic mass is 19.1. The summed E-state index contributed by atoms with van der Waals surface area (Å²) in [5.41, 5.74) is 0.842. The van der Waals surface area contributed by atoms with Gasteiger partial charge >= 0.3 is 0 Å². The standard InChI is InChI=1S/C18H18FN3O2/c1-2-21(18(23)16-7-4-10-24-16)13-17-20-8-9-22(17)12-14-5-3-6-15(19)11-14/h3-11H,2,12-13H2,1H3. The van der Waals surface area contributed by atoms with Gasteiger partial charge in [0.25, 0.3) is 5.91 Å². The van der Waals surface area contributed by atoms with Crippen LogP contribution >= 0.6 is 0 Å². The van der Waals surface area contributed by atoms with Crippen LogP contribution in [0.1, 0.15) is 28.9 Å². The van der Waals surface area contributed by atoms with Crippen LogP contribution in [-0.2, 0) is 13.1 Å². The van der Waals surface area contributed by atoms with Gasteiger partial charge in [-0.25, -0.2) is 9.37 Å². The van der Waals surface area contributed by atoms with Gasteiger partial charge in [-0.05, 0) is 36.8 Å². The van der Waals surface area contributed by atoms with Crippen LogP contribution in [0.25, 0.3) is 0 Å². The van der Waals surface area contributed by atoms with Gasteiger partial charge in [-0.2, -0.15) is 0 Å². The van der Waals surface area contributed by atoms with Gasteiger partial charge in [-0.1, -0.05) is 12.1 Å². The lowest BCUT2D eigenvalue weighted by molar-refractivity contribution is 0.0714. The summed E-state index contributed by atoms with van der Waals surface area (Å²) >= 11 is 0. The van der Waals surface area contributed by atoms with Crippen LogP contribution in [0.3, 0.4) is 0 Å². The fraction of sp³-hybridized carbons (Fsp3) is 0.222. The monoisotopic (exact) mass is 327 g/mol. The van der Waals surface area contributed by atoms with Gasteiger partial charge in [0.1, 0.15) is 11.6 Å². The SMILES string of the molecule is CCN(Cc1nccn1Cc1cccc(F)c1)C(=O)c1ccco1. The molecule has 124 valence electrons. The molecule has 2 aromatic heterocycles. The molecular formula is C18H18FN3O2. The summed E-state index contributed by atoms with van der Waals surface area (Å²) in [6.45, 7) is 3.30. The van der Waals surface area contributed by atoms with Crippen LogP contribution in [0.2, 0.25) is 0 Å². The molecule has 0 spiro atoms. The number of imidazole rings is 1. The van der Waals surface area contributed by atoms with Crippen molar-refractivity contribution in [1.29, 1.82) is 0 Å². The smallest absolute Gasteiger partial charge is 0.289 e. The highest BCUT2D eigenvalue weighted by Gasteiger charge is 2.19. The first-order valence-electron chi connectivity index (χ1n) is 7.74. The van der Waals surface area contributed by atoms with Crippen LogP contribution < -0.4 is 0 Å². The Bertz CT molecular complexity index is 811. The summed E-state index contributed by atoms with van der Waals surface area (Å²) in [6, 6.07) is 9.78. The Hall–Kier alpha value is -2.89. The molecule has 0 unspecified atom stereocenters. The number of amides is 1. The van der Waals surface area contributed by atoms with E-state index in [1.165, 1.54) is 18.4 Å². The van der Waals surface area contributed by atoms with Gasteiger partial charge in [-0.15, -0.1) is 0 Å². The fourth-order valence-electron chi connectivity index (χ4n) is 2.52. The molecule has 0 saturated carbocycles. The molecule has 6 heteroatoms. The summed E-state index contributed by atoms with van der Waals surface area (Å²) in [5.74, 6) is 0.598. The molecule has 5 nitrogen and oxygen atoms in total. The van der Waals surface area contributed by atoms with Gasteiger partial charge in [0.05, 0.1) is 12.8 Å². The molecule has 0 N–H and O–H groups in total. The Labute approximate surface area is 139 Å². The first-order valence-corrected chi connectivity index (χ1v) is 7.74. The molecule has 3 rings (SSSR count). The molecule has 0 aliphatic heterocycles. The third-order valence-corrected chi connectivity index (χ3v) is 3.78. The van der Waals surface area contributed by atoms with Gasteiger partial charge in [0.15, 0.2) is 5.76 Å². The van der Waals surface area contributed by atoms with Gasteiger partial charge in [0.2, 0.25) is 0 Å². The summed E-state index contributed by atoms with van der Waals surface area (Å²) in [5, 5.41) is 0. The van der Waals surface area contributed by atoms with E-state index in [4.69, 9.17) is 4.42 Å². The quantitative estimate of drug-likeness (QED) is 0.698. The lowest BCUT2D eigenvalue weighted by atomic mass is 10.2. The van der Waals surface area contributed by atoms with E-state index in [0.29, 0.717) is 25.4 Å². The molecule has 2 heterocycles. The number of hydrogen-bond acceptors (Lipinski definition) is 3. The van der Waals surface area contributed by atoms with Crippen molar-refractivity contribution < 1.29 is 13.6 Å². The van der Waals surface area contributed by atoms with E-state index in [9.17, 15) is 9.18 Å². The number of benzene rings is 1. The second kappa shape index (κ2) is 7.12. The minimum Gasteiger partial charge on any atom is -0.459 e. The van der Waals surface area contributed by atoms with E-state index in [-0.39, 0.29) is 11.7 Å². The average molecular weight is 327 g/mol. The molecule has 0 atom stereocenters. The maximum atomic E-state index is 13.3. The molecule has 1 aromatic carbocycles. The number of nitrogens with zero attached hydrogens (tertiary/aromatic N) is 3. The first-order chi connectivity index (χ1) is 11.7. The number of hydrogen-bond donors (Lipinski definition) is 0. The highest BCUT2D eigenvalue weighted by Crippen LogP contribution is 2.12. The van der Waals surface area contributed by atoms with Gasteiger partial charge < -0.3 is 13.9 Å². The molecular weight excluding hydrogens is 309 g/mol. The van der Waals surface area contributed by atoms with E-state index < -0.39 is 0 Å². The number of aromatic nitrogens is 2. The normalized spacial score (nSPS) is 10.8. The highest BCUT2D eigenvalue weighted by molar-refractivity contribution is 5.91. The third-order valence-electron chi connectivity index (χ3n) is 3.78. The lowest BCUT2D eigenvalue weighted by Gasteiger charge is -2.20. The van der Waals surface area contributed by atoms with E-state index in [1.807, 2.05) is 23.8 Å². The van der Waals surface area contributed by atoms with Crippen LogP contribution in [0.4, 0.5) is 4.39 Å². The number of carbonyl (C=O) groups is 1. The second-order valence-corrected chi connectivity index (χ2v) is 5.40. The lowest BCUT2D eigenvalue weighted by Crippen LogP contribution is -2.31. The minimum atomic E-state index is -0.266. The Morgan fingerprint density at radius 3 is 2.92 bits per heavy atom. The van der Waals surface area contributed by atoms with Crippen LogP contribution in [0.15, 0.2) is 59.5 Å². The molecule has 3 aromatic rings. The number of halogens is 1. The predicted octanol–water partition coefficient (Wildman–Crippen LogP) is 3.33. The van der Waals surface area contributed by atoms with Crippen molar-refractivity contribution in [2.75, 3.05) is 6.54 Å². The van der Waals surface area contributed by atoms with Gasteiger partial charge in [0, 0.05) is 25.5 Å². The largest absolute Gasteiger partial charge is 0.459 e.